The summed E-state index contributed by atoms with van der Waals surface area (Å²) in [5.41, 5.74) is 5.69. The number of hydrogen-bond donors (Lipinski definition) is 2. The highest BCUT2D eigenvalue weighted by Gasteiger charge is 2.15. The summed E-state index contributed by atoms with van der Waals surface area (Å²) in [6, 6.07) is 2.38. The maximum atomic E-state index is 5.69. The fourth-order valence-corrected chi connectivity index (χ4v) is 2.49. The third kappa shape index (κ3) is 3.66. The summed E-state index contributed by atoms with van der Waals surface area (Å²) in [6.45, 7) is 2.18. The van der Waals surface area contributed by atoms with E-state index in [1.807, 2.05) is 31.9 Å². The van der Waals surface area contributed by atoms with E-state index in [0.29, 0.717) is 12.0 Å². The highest BCUT2D eigenvalue weighted by atomic mass is 32.2. The summed E-state index contributed by atoms with van der Waals surface area (Å²) < 4.78 is 0. The number of nitrogens with zero attached hydrogens (tertiary/aromatic N) is 3. The van der Waals surface area contributed by atoms with E-state index in [-0.39, 0.29) is 0 Å². The van der Waals surface area contributed by atoms with Crippen LogP contribution in [0, 0.1) is 0 Å². The summed E-state index contributed by atoms with van der Waals surface area (Å²) in [7, 11) is 3.87. The zero-order chi connectivity index (χ0) is 12.8. The average molecular weight is 255 g/mol. The SMILES string of the molecule is CCC(CSC)N(C)c1cc(NC)nc(N)n1. The molecule has 1 heterocycles. The van der Waals surface area contributed by atoms with Crippen molar-refractivity contribution in [2.24, 2.45) is 0 Å². The molecule has 0 aromatic carbocycles. The van der Waals surface area contributed by atoms with Gasteiger partial charge in [-0.3, -0.25) is 0 Å². The predicted molar refractivity (Wildman–Crippen MR) is 76.9 cm³/mol. The average Bonchev–Trinajstić information content (AvgIpc) is 2.34. The number of anilines is 3. The Balaban J connectivity index is 2.93. The normalized spacial score (nSPS) is 12.2. The van der Waals surface area contributed by atoms with E-state index in [0.717, 1.165) is 23.8 Å². The lowest BCUT2D eigenvalue weighted by molar-refractivity contribution is 0.666. The van der Waals surface area contributed by atoms with Crippen molar-refractivity contribution in [1.29, 1.82) is 0 Å². The number of nitrogens with two attached hydrogens (primary N) is 1. The van der Waals surface area contributed by atoms with Crippen molar-refractivity contribution in [2.75, 3.05) is 42.1 Å². The van der Waals surface area contributed by atoms with Gasteiger partial charge in [0.2, 0.25) is 5.95 Å². The topological polar surface area (TPSA) is 67.1 Å². The lowest BCUT2D eigenvalue weighted by atomic mass is 10.2. The molecule has 1 aromatic heterocycles. The van der Waals surface area contributed by atoms with Gasteiger partial charge < -0.3 is 16.0 Å². The quantitative estimate of drug-likeness (QED) is 0.806. The molecule has 1 unspecified atom stereocenters. The molecule has 0 aliphatic carbocycles. The molecule has 0 aliphatic rings. The molecule has 1 atom stereocenters. The Morgan fingerprint density at radius 1 is 1.53 bits per heavy atom. The molecule has 17 heavy (non-hydrogen) atoms. The van der Waals surface area contributed by atoms with Gasteiger partial charge in [-0.25, -0.2) is 0 Å². The van der Waals surface area contributed by atoms with Crippen LogP contribution in [-0.2, 0) is 0 Å². The molecule has 1 rings (SSSR count). The molecule has 0 amide bonds. The van der Waals surface area contributed by atoms with E-state index in [4.69, 9.17) is 5.73 Å². The van der Waals surface area contributed by atoms with Gasteiger partial charge in [0.05, 0.1) is 0 Å². The van der Waals surface area contributed by atoms with Gasteiger partial charge in [-0.2, -0.15) is 21.7 Å². The number of nitrogen functional groups attached to an aromatic ring is 1. The molecular formula is C11H21N5S. The van der Waals surface area contributed by atoms with Gasteiger partial charge in [-0.1, -0.05) is 6.92 Å². The van der Waals surface area contributed by atoms with Gasteiger partial charge in [0.1, 0.15) is 11.6 Å². The zero-order valence-corrected chi connectivity index (χ0v) is 11.7. The minimum atomic E-state index is 0.303. The van der Waals surface area contributed by atoms with Gasteiger partial charge in [-0.15, -0.1) is 0 Å². The first kappa shape index (κ1) is 13.9. The van der Waals surface area contributed by atoms with Gasteiger partial charge >= 0.3 is 0 Å². The lowest BCUT2D eigenvalue weighted by Crippen LogP contribution is -2.34. The molecule has 0 fully saturated rings. The van der Waals surface area contributed by atoms with Crippen LogP contribution in [0.1, 0.15) is 13.3 Å². The Morgan fingerprint density at radius 2 is 2.24 bits per heavy atom. The predicted octanol–water partition coefficient (Wildman–Crippen LogP) is 1.68. The minimum Gasteiger partial charge on any atom is -0.373 e. The van der Waals surface area contributed by atoms with E-state index < -0.39 is 0 Å². The Hall–Kier alpha value is -1.17. The summed E-state index contributed by atoms with van der Waals surface area (Å²) in [6.07, 6.45) is 3.19. The largest absolute Gasteiger partial charge is 0.373 e. The summed E-state index contributed by atoms with van der Waals surface area (Å²) >= 11 is 1.84. The number of hydrogen-bond acceptors (Lipinski definition) is 6. The van der Waals surface area contributed by atoms with Gasteiger partial charge in [0, 0.05) is 32.0 Å². The number of nitrogens with one attached hydrogen (secondary N) is 1. The minimum absolute atomic E-state index is 0.303. The zero-order valence-electron chi connectivity index (χ0n) is 10.9. The van der Waals surface area contributed by atoms with Crippen molar-refractivity contribution < 1.29 is 0 Å². The van der Waals surface area contributed by atoms with Crippen molar-refractivity contribution in [2.45, 2.75) is 19.4 Å². The van der Waals surface area contributed by atoms with Crippen LogP contribution in [-0.4, -0.2) is 42.1 Å². The van der Waals surface area contributed by atoms with Crippen LogP contribution in [0.15, 0.2) is 6.07 Å². The Bertz CT molecular complexity index is 358. The third-order valence-corrected chi connectivity index (χ3v) is 3.44. The molecule has 96 valence electrons. The molecule has 0 radical (unpaired) electrons. The first-order valence-corrected chi connectivity index (χ1v) is 7.05. The van der Waals surface area contributed by atoms with Crippen LogP contribution in [0.5, 0.6) is 0 Å². The molecule has 3 N–H and O–H groups in total. The molecular weight excluding hydrogens is 234 g/mol. The van der Waals surface area contributed by atoms with E-state index >= 15 is 0 Å². The van der Waals surface area contributed by atoms with E-state index in [9.17, 15) is 0 Å². The third-order valence-electron chi connectivity index (χ3n) is 2.73. The smallest absolute Gasteiger partial charge is 0.223 e. The van der Waals surface area contributed by atoms with E-state index in [2.05, 4.69) is 33.4 Å². The van der Waals surface area contributed by atoms with Gasteiger partial charge in [0.25, 0.3) is 0 Å². The summed E-state index contributed by atoms with van der Waals surface area (Å²) in [4.78, 5) is 10.5. The maximum Gasteiger partial charge on any atom is 0.223 e. The Morgan fingerprint density at radius 3 is 2.76 bits per heavy atom. The second-order valence-corrected chi connectivity index (χ2v) is 4.76. The highest BCUT2D eigenvalue weighted by molar-refractivity contribution is 7.98. The molecule has 0 saturated carbocycles. The van der Waals surface area contributed by atoms with Crippen LogP contribution in [0.4, 0.5) is 17.6 Å². The standard InChI is InChI=1S/C11H21N5S/c1-5-8(7-17-4)16(3)10-6-9(13-2)14-11(12)15-10/h6,8H,5,7H2,1-4H3,(H3,12,13,14,15). The second kappa shape index (κ2) is 6.54. The molecule has 1 aromatic rings. The van der Waals surface area contributed by atoms with Gasteiger partial charge in [0.15, 0.2) is 0 Å². The van der Waals surface area contributed by atoms with Crippen molar-refractivity contribution in [1.82, 2.24) is 9.97 Å². The van der Waals surface area contributed by atoms with Crippen molar-refractivity contribution in [3.63, 3.8) is 0 Å². The highest BCUT2D eigenvalue weighted by Crippen LogP contribution is 2.20. The van der Waals surface area contributed by atoms with Crippen molar-refractivity contribution in [3.05, 3.63) is 6.07 Å². The molecule has 0 spiro atoms. The number of rotatable bonds is 6. The second-order valence-electron chi connectivity index (χ2n) is 3.85. The van der Waals surface area contributed by atoms with Crippen molar-refractivity contribution >= 4 is 29.3 Å². The van der Waals surface area contributed by atoms with E-state index in [1.54, 1.807) is 0 Å². The van der Waals surface area contributed by atoms with Crippen LogP contribution in [0.3, 0.4) is 0 Å². The monoisotopic (exact) mass is 255 g/mol. The molecule has 5 nitrogen and oxygen atoms in total. The molecule has 0 bridgehead atoms. The van der Waals surface area contributed by atoms with Crippen molar-refractivity contribution in [3.8, 4) is 0 Å². The van der Waals surface area contributed by atoms with E-state index in [1.165, 1.54) is 0 Å². The fourth-order valence-electron chi connectivity index (χ4n) is 1.64. The summed E-state index contributed by atoms with van der Waals surface area (Å²) in [5.74, 6) is 2.99. The first-order valence-electron chi connectivity index (χ1n) is 5.66. The maximum absolute atomic E-state index is 5.69. The molecule has 0 aliphatic heterocycles. The Kier molecular flexibility index (Phi) is 5.34. The number of thioether (sulfide) groups is 1. The van der Waals surface area contributed by atoms with Gasteiger partial charge in [-0.05, 0) is 12.7 Å². The van der Waals surface area contributed by atoms with Crippen LogP contribution < -0.4 is 16.0 Å². The molecule has 6 heteroatoms. The summed E-state index contributed by atoms with van der Waals surface area (Å²) in [5, 5.41) is 2.99. The van der Waals surface area contributed by atoms with Crippen LogP contribution in [0.2, 0.25) is 0 Å². The Labute approximate surface area is 107 Å². The molecule has 0 saturated heterocycles. The first-order chi connectivity index (χ1) is 8.12. The lowest BCUT2D eigenvalue weighted by Gasteiger charge is -2.28. The fraction of sp³-hybridized carbons (Fsp3) is 0.636. The van der Waals surface area contributed by atoms with Crippen LogP contribution in [0.25, 0.3) is 0 Å². The van der Waals surface area contributed by atoms with Crippen LogP contribution >= 0.6 is 11.8 Å². The number of aromatic nitrogens is 2.